The summed E-state index contributed by atoms with van der Waals surface area (Å²) in [6.45, 7) is 6.31. The number of nitrogens with two attached hydrogens (primary N) is 1. The first-order valence-electron chi connectivity index (χ1n) is 10.7. The van der Waals surface area contributed by atoms with E-state index in [1.165, 1.54) is 0 Å². The number of halogens is 1. The summed E-state index contributed by atoms with van der Waals surface area (Å²) in [6.07, 6.45) is 1.65. The fourth-order valence-corrected chi connectivity index (χ4v) is 4.41. The zero-order valence-corrected chi connectivity index (χ0v) is 19.1. The maximum Gasteiger partial charge on any atom is 0.229 e. The predicted molar refractivity (Wildman–Crippen MR) is 128 cm³/mol. The Hall–Kier alpha value is -3.66. The number of carbonyl (C=O) groups is 1. The first-order valence-corrected chi connectivity index (χ1v) is 11.1. The van der Waals surface area contributed by atoms with Gasteiger partial charge in [0.05, 0.1) is 22.8 Å². The third-order valence-electron chi connectivity index (χ3n) is 5.91. The Kier molecular flexibility index (Phi) is 5.37. The molecule has 0 spiro atoms. The molecular weight excluding hydrogens is 442 g/mol. The van der Waals surface area contributed by atoms with Crippen LogP contribution in [0.2, 0.25) is 5.02 Å². The predicted octanol–water partition coefficient (Wildman–Crippen LogP) is 2.75. The summed E-state index contributed by atoms with van der Waals surface area (Å²) in [4.78, 5) is 29.4. The van der Waals surface area contributed by atoms with E-state index >= 15 is 0 Å². The summed E-state index contributed by atoms with van der Waals surface area (Å²) in [5.74, 6) is 1.58. The topological polar surface area (TPSA) is 118 Å². The second kappa shape index (κ2) is 8.36. The number of para-hydroxylation sites is 1. The lowest BCUT2D eigenvalue weighted by Gasteiger charge is -2.36. The molecule has 1 saturated heterocycles. The molecule has 0 aliphatic carbocycles. The van der Waals surface area contributed by atoms with Crippen molar-refractivity contribution in [3.63, 3.8) is 0 Å². The maximum absolute atomic E-state index is 11.8. The number of anilines is 3. The number of fused-ring (bicyclic) bond motifs is 2. The minimum Gasteiger partial charge on any atom is -0.368 e. The van der Waals surface area contributed by atoms with Gasteiger partial charge in [0.15, 0.2) is 5.65 Å². The van der Waals surface area contributed by atoms with Gasteiger partial charge in [0.25, 0.3) is 0 Å². The lowest BCUT2D eigenvalue weighted by Crippen LogP contribution is -2.48. The van der Waals surface area contributed by atoms with E-state index < -0.39 is 0 Å². The van der Waals surface area contributed by atoms with E-state index in [0.717, 1.165) is 22.3 Å². The van der Waals surface area contributed by atoms with Crippen LogP contribution >= 0.6 is 11.6 Å². The molecule has 1 atom stereocenters. The second-order valence-corrected chi connectivity index (χ2v) is 8.49. The van der Waals surface area contributed by atoms with Crippen molar-refractivity contribution in [3.05, 3.63) is 47.1 Å². The molecule has 1 amide bonds. The van der Waals surface area contributed by atoms with Gasteiger partial charge in [-0.25, -0.2) is 4.98 Å². The van der Waals surface area contributed by atoms with Crippen LogP contribution in [0.5, 0.6) is 0 Å². The summed E-state index contributed by atoms with van der Waals surface area (Å²) >= 11 is 6.47. The van der Waals surface area contributed by atoms with Gasteiger partial charge in [-0.3, -0.25) is 4.79 Å². The lowest BCUT2D eigenvalue weighted by atomic mass is 10.0. The number of hydrogen-bond acceptors (Lipinski definition) is 8. The van der Waals surface area contributed by atoms with Gasteiger partial charge < -0.3 is 20.9 Å². The van der Waals surface area contributed by atoms with Gasteiger partial charge in [0, 0.05) is 50.1 Å². The zero-order chi connectivity index (χ0) is 23.1. The third-order valence-corrected chi connectivity index (χ3v) is 6.22. The molecule has 3 N–H and O–H groups in total. The summed E-state index contributed by atoms with van der Waals surface area (Å²) < 4.78 is 1.61. The van der Waals surface area contributed by atoms with Gasteiger partial charge in [-0.15, -0.1) is 0 Å². The van der Waals surface area contributed by atoms with Crippen molar-refractivity contribution in [1.29, 1.82) is 0 Å². The molecule has 3 aromatic heterocycles. The highest BCUT2D eigenvalue weighted by Crippen LogP contribution is 2.33. The molecule has 11 heteroatoms. The molecule has 0 bridgehead atoms. The van der Waals surface area contributed by atoms with Crippen molar-refractivity contribution in [2.75, 3.05) is 42.1 Å². The van der Waals surface area contributed by atoms with Gasteiger partial charge in [-0.2, -0.15) is 19.6 Å². The number of nitrogens with one attached hydrogen (secondary N) is 1. The van der Waals surface area contributed by atoms with Crippen molar-refractivity contribution in [3.8, 4) is 0 Å². The van der Waals surface area contributed by atoms with Crippen LogP contribution in [0.15, 0.2) is 36.5 Å². The number of rotatable bonds is 4. The Bertz CT molecular complexity index is 1350. The summed E-state index contributed by atoms with van der Waals surface area (Å²) in [7, 11) is 0. The summed E-state index contributed by atoms with van der Waals surface area (Å²) in [5, 5.41) is 9.27. The van der Waals surface area contributed by atoms with E-state index in [1.54, 1.807) is 23.7 Å². The van der Waals surface area contributed by atoms with Crippen LogP contribution < -0.4 is 16.0 Å². The highest BCUT2D eigenvalue weighted by molar-refractivity contribution is 6.35. The molecule has 5 rings (SSSR count). The van der Waals surface area contributed by atoms with Gasteiger partial charge in [-0.1, -0.05) is 23.7 Å². The molecule has 1 unspecified atom stereocenters. The Morgan fingerprint density at radius 2 is 1.94 bits per heavy atom. The van der Waals surface area contributed by atoms with Crippen molar-refractivity contribution in [2.45, 2.75) is 19.9 Å². The first kappa shape index (κ1) is 21.2. The smallest absolute Gasteiger partial charge is 0.229 e. The highest BCUT2D eigenvalue weighted by atomic mass is 35.5. The number of benzene rings is 1. The molecule has 4 aromatic rings. The number of pyridine rings is 1. The average molecular weight is 466 g/mol. The largest absolute Gasteiger partial charge is 0.368 e. The number of carbonyl (C=O) groups excluding carboxylic acids is 1. The van der Waals surface area contributed by atoms with E-state index in [-0.39, 0.29) is 17.9 Å². The van der Waals surface area contributed by atoms with Crippen molar-refractivity contribution in [1.82, 2.24) is 29.5 Å². The van der Waals surface area contributed by atoms with E-state index in [0.29, 0.717) is 42.8 Å². The van der Waals surface area contributed by atoms with Crippen LogP contribution in [0.25, 0.3) is 16.6 Å². The molecule has 1 aliphatic rings. The van der Waals surface area contributed by atoms with Crippen molar-refractivity contribution >= 4 is 51.8 Å². The van der Waals surface area contributed by atoms with Crippen molar-refractivity contribution < 1.29 is 4.79 Å². The average Bonchev–Trinajstić information content (AvgIpc) is 3.27. The Morgan fingerprint density at radius 3 is 2.70 bits per heavy atom. The normalized spacial score (nSPS) is 15.2. The van der Waals surface area contributed by atoms with Crippen LogP contribution in [0.1, 0.15) is 25.5 Å². The third kappa shape index (κ3) is 3.97. The summed E-state index contributed by atoms with van der Waals surface area (Å²) in [5.41, 5.74) is 8.25. The minimum atomic E-state index is -0.177. The monoisotopic (exact) mass is 465 g/mol. The van der Waals surface area contributed by atoms with Crippen LogP contribution in [-0.2, 0) is 4.79 Å². The molecule has 1 fully saturated rings. The Labute approximate surface area is 195 Å². The minimum absolute atomic E-state index is 0.0870. The van der Waals surface area contributed by atoms with Gasteiger partial charge in [-0.05, 0) is 19.1 Å². The van der Waals surface area contributed by atoms with E-state index in [9.17, 15) is 4.79 Å². The number of piperazine rings is 1. The molecule has 1 aliphatic heterocycles. The van der Waals surface area contributed by atoms with Crippen LogP contribution in [-0.4, -0.2) is 61.6 Å². The molecule has 33 heavy (non-hydrogen) atoms. The van der Waals surface area contributed by atoms with Crippen LogP contribution in [0.4, 0.5) is 17.7 Å². The molecule has 4 heterocycles. The SMILES string of the molecule is CC(=O)N1CCN(c2nc3c(Cl)cccc3cc2C(C)Nc2nc(N)nc3ccnn23)CC1. The van der Waals surface area contributed by atoms with E-state index in [4.69, 9.17) is 22.3 Å². The quantitative estimate of drug-likeness (QED) is 0.472. The highest BCUT2D eigenvalue weighted by Gasteiger charge is 2.25. The fraction of sp³-hybridized carbons (Fsp3) is 0.318. The Balaban J connectivity index is 1.55. The van der Waals surface area contributed by atoms with Gasteiger partial charge in [0.1, 0.15) is 5.82 Å². The van der Waals surface area contributed by atoms with Gasteiger partial charge >= 0.3 is 0 Å². The second-order valence-electron chi connectivity index (χ2n) is 8.08. The molecule has 0 radical (unpaired) electrons. The molecule has 170 valence electrons. The Morgan fingerprint density at radius 1 is 1.15 bits per heavy atom. The molecular formula is C22H24ClN9O. The number of amides is 1. The van der Waals surface area contributed by atoms with E-state index in [2.05, 4.69) is 31.3 Å². The van der Waals surface area contributed by atoms with Gasteiger partial charge in [0.2, 0.25) is 17.8 Å². The summed E-state index contributed by atoms with van der Waals surface area (Å²) in [6, 6.07) is 9.45. The first-order chi connectivity index (χ1) is 15.9. The number of nitrogens with zero attached hydrogens (tertiary/aromatic N) is 7. The zero-order valence-electron chi connectivity index (χ0n) is 18.4. The standard InChI is InChI=1S/C22H24ClN9O/c1-13(26-22-29-21(24)27-18-6-7-25-32(18)22)16-12-15-4-3-5-17(23)19(15)28-20(16)31-10-8-30(9-11-31)14(2)33/h3-7,12-13H,8-11H2,1-2H3,(H3,24,26,27,29). The lowest BCUT2D eigenvalue weighted by molar-refractivity contribution is -0.129. The molecule has 0 saturated carbocycles. The van der Waals surface area contributed by atoms with Crippen molar-refractivity contribution in [2.24, 2.45) is 0 Å². The number of nitrogen functional groups attached to an aromatic ring is 1. The number of aromatic nitrogens is 5. The molecule has 10 nitrogen and oxygen atoms in total. The van der Waals surface area contributed by atoms with Crippen LogP contribution in [0, 0.1) is 0 Å². The van der Waals surface area contributed by atoms with E-state index in [1.807, 2.05) is 30.0 Å². The van der Waals surface area contributed by atoms with Crippen LogP contribution in [0.3, 0.4) is 0 Å². The molecule has 1 aromatic carbocycles. The number of hydrogen-bond donors (Lipinski definition) is 2. The fourth-order valence-electron chi connectivity index (χ4n) is 4.18. The maximum atomic E-state index is 11.8.